The smallest absolute Gasteiger partial charge is 0.230 e. The van der Waals surface area contributed by atoms with E-state index in [0.29, 0.717) is 24.0 Å². The average molecular weight is 221 g/mol. The van der Waals surface area contributed by atoms with Gasteiger partial charge in [-0.25, -0.2) is 0 Å². The predicted octanol–water partition coefficient (Wildman–Crippen LogP) is 1.32. The van der Waals surface area contributed by atoms with E-state index in [-0.39, 0.29) is 5.91 Å². The minimum Gasteiger partial charge on any atom is -0.355 e. The van der Waals surface area contributed by atoms with Gasteiger partial charge in [0.2, 0.25) is 5.91 Å². The summed E-state index contributed by atoms with van der Waals surface area (Å²) in [6.45, 7) is 2.52. The van der Waals surface area contributed by atoms with E-state index in [2.05, 4.69) is 21.2 Å². The van der Waals surface area contributed by atoms with E-state index in [1.807, 2.05) is 6.92 Å². The summed E-state index contributed by atoms with van der Waals surface area (Å²) >= 11 is 3.03. The summed E-state index contributed by atoms with van der Waals surface area (Å²) in [4.78, 5) is 10.7. The molecule has 0 atom stereocenters. The Labute approximate surface area is 75.2 Å². The highest BCUT2D eigenvalue weighted by molar-refractivity contribution is 9.09. The third kappa shape index (κ3) is 6.04. The number of nitrogens with one attached hydrogen (secondary N) is 2. The monoisotopic (exact) mass is 220 g/mol. The van der Waals surface area contributed by atoms with Gasteiger partial charge >= 0.3 is 0 Å². The van der Waals surface area contributed by atoms with Crippen molar-refractivity contribution < 1.29 is 4.79 Å². The van der Waals surface area contributed by atoms with Crippen LogP contribution in [0.2, 0.25) is 0 Å². The van der Waals surface area contributed by atoms with Gasteiger partial charge in [-0.2, -0.15) is 0 Å². The summed E-state index contributed by atoms with van der Waals surface area (Å²) in [5, 5.41) is 10.3. The average Bonchev–Trinajstić information content (AvgIpc) is 2.04. The molecular weight excluding hydrogens is 208 g/mol. The first-order valence-electron chi connectivity index (χ1n) is 3.59. The number of amides is 1. The number of alkyl halides is 1. The standard InChI is InChI=1S/C7H13BrN2O/c1-2-6(9)3-4-10-7(11)5-8/h9H,2-5H2,1H3,(H,10,11). The van der Waals surface area contributed by atoms with Gasteiger partial charge in [0.25, 0.3) is 0 Å². The van der Waals surface area contributed by atoms with E-state index >= 15 is 0 Å². The fourth-order valence-corrected chi connectivity index (χ4v) is 0.775. The molecule has 11 heavy (non-hydrogen) atoms. The Morgan fingerprint density at radius 2 is 2.27 bits per heavy atom. The van der Waals surface area contributed by atoms with Crippen LogP contribution in [0.25, 0.3) is 0 Å². The molecule has 2 N–H and O–H groups in total. The second kappa shape index (κ2) is 6.34. The number of hydrogen-bond acceptors (Lipinski definition) is 2. The third-order valence-corrected chi connectivity index (χ3v) is 1.81. The van der Waals surface area contributed by atoms with Gasteiger partial charge in [-0.05, 0) is 6.42 Å². The first-order chi connectivity index (χ1) is 5.20. The molecule has 3 nitrogen and oxygen atoms in total. The first kappa shape index (κ1) is 10.6. The van der Waals surface area contributed by atoms with Crippen molar-refractivity contribution in [3.05, 3.63) is 0 Å². The van der Waals surface area contributed by atoms with Crippen LogP contribution in [0.15, 0.2) is 0 Å². The lowest BCUT2D eigenvalue weighted by molar-refractivity contribution is -0.118. The molecule has 0 saturated carbocycles. The van der Waals surface area contributed by atoms with Gasteiger partial charge in [0.1, 0.15) is 0 Å². The molecule has 0 aliphatic carbocycles. The Hall–Kier alpha value is -0.380. The van der Waals surface area contributed by atoms with Crippen molar-refractivity contribution >= 4 is 27.5 Å². The van der Waals surface area contributed by atoms with Crippen molar-refractivity contribution in [1.29, 1.82) is 5.41 Å². The molecule has 0 saturated heterocycles. The number of rotatable bonds is 5. The van der Waals surface area contributed by atoms with Crippen molar-refractivity contribution in [1.82, 2.24) is 5.32 Å². The van der Waals surface area contributed by atoms with Crippen molar-refractivity contribution in [3.63, 3.8) is 0 Å². The zero-order valence-electron chi connectivity index (χ0n) is 6.61. The summed E-state index contributed by atoms with van der Waals surface area (Å²) in [6, 6.07) is 0. The van der Waals surface area contributed by atoms with E-state index in [9.17, 15) is 4.79 Å². The molecule has 64 valence electrons. The first-order valence-corrected chi connectivity index (χ1v) is 4.71. The van der Waals surface area contributed by atoms with E-state index in [4.69, 9.17) is 5.41 Å². The zero-order chi connectivity index (χ0) is 8.69. The van der Waals surface area contributed by atoms with Crippen LogP contribution >= 0.6 is 15.9 Å². The molecule has 0 radical (unpaired) electrons. The van der Waals surface area contributed by atoms with Crippen molar-refractivity contribution in [3.8, 4) is 0 Å². The van der Waals surface area contributed by atoms with Crippen LogP contribution in [0, 0.1) is 5.41 Å². The minimum absolute atomic E-state index is 0.0195. The summed E-state index contributed by atoms with van der Waals surface area (Å²) in [6.07, 6.45) is 1.43. The van der Waals surface area contributed by atoms with Crippen LogP contribution in [-0.2, 0) is 4.79 Å². The summed E-state index contributed by atoms with van der Waals surface area (Å²) < 4.78 is 0. The molecule has 1 amide bonds. The second-order valence-corrected chi connectivity index (χ2v) is 2.75. The lowest BCUT2D eigenvalue weighted by atomic mass is 10.2. The minimum atomic E-state index is -0.0195. The third-order valence-electron chi connectivity index (χ3n) is 1.30. The SMILES string of the molecule is CCC(=N)CCNC(=O)CBr. The molecule has 4 heteroatoms. The molecule has 0 fully saturated rings. The van der Waals surface area contributed by atoms with E-state index < -0.39 is 0 Å². The lowest BCUT2D eigenvalue weighted by Crippen LogP contribution is -2.26. The maximum absolute atomic E-state index is 10.7. The number of carbonyl (C=O) groups is 1. The summed E-state index contributed by atoms with van der Waals surface area (Å²) in [7, 11) is 0. The molecule has 0 heterocycles. The highest BCUT2D eigenvalue weighted by Crippen LogP contribution is 1.87. The van der Waals surface area contributed by atoms with Gasteiger partial charge in [0.15, 0.2) is 0 Å². The highest BCUT2D eigenvalue weighted by atomic mass is 79.9. The number of hydrogen-bond donors (Lipinski definition) is 2. The maximum atomic E-state index is 10.7. The van der Waals surface area contributed by atoms with Gasteiger partial charge in [-0.3, -0.25) is 4.79 Å². The lowest BCUT2D eigenvalue weighted by Gasteiger charge is -2.01. The molecule has 0 bridgehead atoms. The Morgan fingerprint density at radius 3 is 2.73 bits per heavy atom. The molecule has 0 aliphatic rings. The maximum Gasteiger partial charge on any atom is 0.230 e. The topological polar surface area (TPSA) is 53.0 Å². The zero-order valence-corrected chi connectivity index (χ0v) is 8.20. The van der Waals surface area contributed by atoms with Crippen LogP contribution in [-0.4, -0.2) is 23.5 Å². The van der Waals surface area contributed by atoms with Gasteiger partial charge in [0, 0.05) is 18.7 Å². The Balaban J connectivity index is 3.27. The van der Waals surface area contributed by atoms with Crippen molar-refractivity contribution in [2.45, 2.75) is 19.8 Å². The number of carbonyl (C=O) groups excluding carboxylic acids is 1. The van der Waals surface area contributed by atoms with E-state index in [1.165, 1.54) is 0 Å². The largest absolute Gasteiger partial charge is 0.355 e. The molecular formula is C7H13BrN2O. The second-order valence-electron chi connectivity index (χ2n) is 2.19. The van der Waals surface area contributed by atoms with Gasteiger partial charge in [-0.1, -0.05) is 22.9 Å². The van der Waals surface area contributed by atoms with Crippen LogP contribution in [0.3, 0.4) is 0 Å². The van der Waals surface area contributed by atoms with Gasteiger partial charge in [-0.15, -0.1) is 0 Å². The van der Waals surface area contributed by atoms with Crippen molar-refractivity contribution in [2.75, 3.05) is 11.9 Å². The van der Waals surface area contributed by atoms with Crippen LogP contribution in [0.1, 0.15) is 19.8 Å². The van der Waals surface area contributed by atoms with Crippen LogP contribution in [0.4, 0.5) is 0 Å². The molecule has 0 aromatic carbocycles. The fourth-order valence-electron chi connectivity index (χ4n) is 0.577. The quantitative estimate of drug-likeness (QED) is 0.533. The normalized spacial score (nSPS) is 9.27. The Morgan fingerprint density at radius 1 is 1.64 bits per heavy atom. The van der Waals surface area contributed by atoms with E-state index in [1.54, 1.807) is 0 Å². The van der Waals surface area contributed by atoms with Gasteiger partial charge in [0.05, 0.1) is 5.33 Å². The van der Waals surface area contributed by atoms with Crippen LogP contribution in [0.5, 0.6) is 0 Å². The van der Waals surface area contributed by atoms with Crippen LogP contribution < -0.4 is 5.32 Å². The highest BCUT2D eigenvalue weighted by Gasteiger charge is 1.97. The van der Waals surface area contributed by atoms with Gasteiger partial charge < -0.3 is 10.7 Å². The molecule has 0 unspecified atom stereocenters. The Kier molecular flexibility index (Phi) is 6.12. The summed E-state index contributed by atoms with van der Waals surface area (Å²) in [5.41, 5.74) is 0.680. The van der Waals surface area contributed by atoms with E-state index in [0.717, 1.165) is 6.42 Å². The van der Waals surface area contributed by atoms with Crippen molar-refractivity contribution in [2.24, 2.45) is 0 Å². The Bertz CT molecular complexity index is 131. The predicted molar refractivity (Wildman–Crippen MR) is 49.4 cm³/mol. The molecule has 0 aromatic rings. The molecule has 0 rings (SSSR count). The summed E-state index contributed by atoms with van der Waals surface area (Å²) in [5.74, 6) is -0.0195. The molecule has 0 aliphatic heterocycles. The molecule has 0 aromatic heterocycles. The molecule has 0 spiro atoms. The number of halogens is 1. The fraction of sp³-hybridized carbons (Fsp3) is 0.714.